The van der Waals surface area contributed by atoms with Crippen LogP contribution < -0.4 is 0 Å². The van der Waals surface area contributed by atoms with Crippen molar-refractivity contribution in [2.24, 2.45) is 0 Å². The molecule has 1 aromatic carbocycles. The number of carbonyl (C=O) groups is 1. The minimum absolute atomic E-state index is 0.0794. The van der Waals surface area contributed by atoms with E-state index < -0.39 is 29.2 Å². The van der Waals surface area contributed by atoms with Gasteiger partial charge in [0.2, 0.25) is 0 Å². The molecule has 0 amide bonds. The first-order valence-electron chi connectivity index (χ1n) is 7.45. The molecular formula is C16H14F4N2O2. The summed E-state index contributed by atoms with van der Waals surface area (Å²) in [6.45, 7) is 1.75. The van der Waals surface area contributed by atoms with Gasteiger partial charge in [0.25, 0.3) is 0 Å². The fourth-order valence-corrected chi connectivity index (χ4v) is 2.61. The van der Waals surface area contributed by atoms with Crippen molar-refractivity contribution >= 4 is 5.97 Å². The van der Waals surface area contributed by atoms with Crippen LogP contribution in [0.4, 0.5) is 17.6 Å². The lowest BCUT2D eigenvalue weighted by Crippen LogP contribution is -2.16. The van der Waals surface area contributed by atoms with Gasteiger partial charge in [0.15, 0.2) is 0 Å². The number of benzene rings is 1. The molecule has 2 aromatic rings. The molecule has 1 saturated carbocycles. The third-order valence-electron chi connectivity index (χ3n) is 3.77. The first kappa shape index (κ1) is 16.5. The van der Waals surface area contributed by atoms with E-state index in [0.717, 1.165) is 29.1 Å². The van der Waals surface area contributed by atoms with Crippen molar-refractivity contribution < 1.29 is 27.1 Å². The highest BCUT2D eigenvalue weighted by atomic mass is 19.4. The lowest BCUT2D eigenvalue weighted by molar-refractivity contribution is -0.137. The summed E-state index contributed by atoms with van der Waals surface area (Å²) in [6, 6.07) is 2.72. The predicted octanol–water partition coefficient (Wildman–Crippen LogP) is 4.08. The van der Waals surface area contributed by atoms with Crippen molar-refractivity contribution in [3.05, 3.63) is 47.0 Å². The van der Waals surface area contributed by atoms with Crippen LogP contribution in [0.25, 0.3) is 5.69 Å². The number of halogens is 4. The molecule has 0 bridgehead atoms. The normalized spacial score (nSPS) is 14.7. The lowest BCUT2D eigenvalue weighted by atomic mass is 10.1. The number of aromatic nitrogens is 2. The maximum Gasteiger partial charge on any atom is 0.418 e. The number of para-hydroxylation sites is 1. The molecule has 0 radical (unpaired) electrons. The molecule has 3 rings (SSSR count). The first-order chi connectivity index (χ1) is 11.3. The smallest absolute Gasteiger partial charge is 0.418 e. The van der Waals surface area contributed by atoms with Crippen LogP contribution in [0.2, 0.25) is 0 Å². The Kier molecular flexibility index (Phi) is 4.06. The molecule has 0 atom stereocenters. The molecule has 1 aliphatic rings. The zero-order valence-corrected chi connectivity index (χ0v) is 12.7. The van der Waals surface area contributed by atoms with E-state index in [4.69, 9.17) is 4.74 Å². The Morgan fingerprint density at radius 1 is 1.38 bits per heavy atom. The van der Waals surface area contributed by atoms with E-state index in [0.29, 0.717) is 12.8 Å². The quantitative estimate of drug-likeness (QED) is 0.621. The molecule has 24 heavy (non-hydrogen) atoms. The van der Waals surface area contributed by atoms with Crippen LogP contribution in [0.3, 0.4) is 0 Å². The van der Waals surface area contributed by atoms with Crippen LogP contribution in [-0.4, -0.2) is 22.4 Å². The first-order valence-corrected chi connectivity index (χ1v) is 7.45. The maximum atomic E-state index is 14.2. The van der Waals surface area contributed by atoms with Gasteiger partial charge in [-0.25, -0.2) is 13.9 Å². The second kappa shape index (κ2) is 5.92. The molecule has 0 unspecified atom stereocenters. The minimum atomic E-state index is -4.74. The number of alkyl halides is 3. The molecule has 1 fully saturated rings. The molecule has 0 spiro atoms. The highest BCUT2D eigenvalue weighted by molar-refractivity contribution is 5.91. The van der Waals surface area contributed by atoms with Gasteiger partial charge in [0, 0.05) is 5.92 Å². The van der Waals surface area contributed by atoms with Gasteiger partial charge < -0.3 is 4.74 Å². The van der Waals surface area contributed by atoms with Gasteiger partial charge >= 0.3 is 12.1 Å². The van der Waals surface area contributed by atoms with Crippen LogP contribution in [0.5, 0.6) is 0 Å². The molecule has 0 aliphatic heterocycles. The Labute approximate surface area is 135 Å². The SMILES string of the molecule is CCOC(=O)c1cnn(-c2c(F)cccc2C(F)(F)F)c1C1CC1. The zero-order valence-electron chi connectivity index (χ0n) is 12.7. The Bertz CT molecular complexity index is 779. The van der Waals surface area contributed by atoms with Crippen molar-refractivity contribution in [1.29, 1.82) is 0 Å². The van der Waals surface area contributed by atoms with E-state index in [2.05, 4.69) is 5.10 Å². The monoisotopic (exact) mass is 342 g/mol. The van der Waals surface area contributed by atoms with E-state index >= 15 is 0 Å². The summed E-state index contributed by atoms with van der Waals surface area (Å²) < 4.78 is 59.8. The van der Waals surface area contributed by atoms with Crippen molar-refractivity contribution in [3.63, 3.8) is 0 Å². The number of carbonyl (C=O) groups excluding carboxylic acids is 1. The number of hydrogen-bond acceptors (Lipinski definition) is 3. The third-order valence-corrected chi connectivity index (χ3v) is 3.77. The van der Waals surface area contributed by atoms with Crippen LogP contribution in [0, 0.1) is 5.82 Å². The number of rotatable bonds is 4. The molecule has 1 aromatic heterocycles. The van der Waals surface area contributed by atoms with Crippen LogP contribution in [0.15, 0.2) is 24.4 Å². The van der Waals surface area contributed by atoms with Crippen LogP contribution in [0.1, 0.15) is 47.3 Å². The number of ether oxygens (including phenoxy) is 1. The number of hydrogen-bond donors (Lipinski definition) is 0. The van der Waals surface area contributed by atoms with Crippen LogP contribution >= 0.6 is 0 Å². The Morgan fingerprint density at radius 2 is 2.08 bits per heavy atom. The average molecular weight is 342 g/mol. The zero-order chi connectivity index (χ0) is 17.5. The standard InChI is InChI=1S/C16H14F4N2O2/c1-2-24-15(23)10-8-21-22(13(10)9-6-7-9)14-11(16(18,19)20)4-3-5-12(14)17/h3-5,8-9H,2,6-7H2,1H3. The van der Waals surface area contributed by atoms with E-state index in [-0.39, 0.29) is 23.8 Å². The molecule has 8 heteroatoms. The molecule has 0 saturated heterocycles. The Hall–Kier alpha value is -2.38. The van der Waals surface area contributed by atoms with Gasteiger partial charge in [-0.05, 0) is 31.9 Å². The average Bonchev–Trinajstić information content (AvgIpc) is 3.25. The second-order valence-corrected chi connectivity index (χ2v) is 5.48. The molecule has 1 aliphatic carbocycles. The summed E-state index contributed by atoms with van der Waals surface area (Å²) in [4.78, 5) is 12.0. The molecule has 128 valence electrons. The van der Waals surface area contributed by atoms with Crippen molar-refractivity contribution in [2.45, 2.75) is 31.9 Å². The highest BCUT2D eigenvalue weighted by Gasteiger charge is 2.39. The van der Waals surface area contributed by atoms with E-state index in [1.807, 2.05) is 0 Å². The molecule has 4 nitrogen and oxygen atoms in total. The van der Waals surface area contributed by atoms with E-state index in [9.17, 15) is 22.4 Å². The molecular weight excluding hydrogens is 328 g/mol. The Morgan fingerprint density at radius 3 is 2.67 bits per heavy atom. The summed E-state index contributed by atoms with van der Waals surface area (Å²) in [5.41, 5.74) is -1.48. The summed E-state index contributed by atoms with van der Waals surface area (Å²) in [7, 11) is 0. The van der Waals surface area contributed by atoms with Crippen molar-refractivity contribution in [1.82, 2.24) is 9.78 Å². The maximum absolute atomic E-state index is 14.2. The third kappa shape index (κ3) is 2.88. The number of nitrogens with zero attached hydrogens (tertiary/aromatic N) is 2. The topological polar surface area (TPSA) is 44.1 Å². The fraction of sp³-hybridized carbons (Fsp3) is 0.375. The summed E-state index contributed by atoms with van der Waals surface area (Å²) in [5.74, 6) is -1.85. The van der Waals surface area contributed by atoms with E-state index in [1.165, 1.54) is 0 Å². The summed E-state index contributed by atoms with van der Waals surface area (Å²) in [6.07, 6.45) is -2.20. The van der Waals surface area contributed by atoms with Gasteiger partial charge in [-0.1, -0.05) is 6.07 Å². The van der Waals surface area contributed by atoms with Gasteiger partial charge in [-0.15, -0.1) is 0 Å². The fourth-order valence-electron chi connectivity index (χ4n) is 2.61. The van der Waals surface area contributed by atoms with Gasteiger partial charge in [-0.3, -0.25) is 0 Å². The van der Waals surface area contributed by atoms with Gasteiger partial charge in [0.05, 0.1) is 24.1 Å². The lowest BCUT2D eigenvalue weighted by Gasteiger charge is -2.16. The summed E-state index contributed by atoms with van der Waals surface area (Å²) >= 11 is 0. The summed E-state index contributed by atoms with van der Waals surface area (Å²) in [5, 5.41) is 3.86. The van der Waals surface area contributed by atoms with Crippen molar-refractivity contribution in [3.8, 4) is 5.69 Å². The van der Waals surface area contributed by atoms with Gasteiger partial charge in [-0.2, -0.15) is 18.3 Å². The predicted molar refractivity (Wildman–Crippen MR) is 76.5 cm³/mol. The molecule has 1 heterocycles. The number of esters is 1. The second-order valence-electron chi connectivity index (χ2n) is 5.48. The Balaban J connectivity index is 2.20. The minimum Gasteiger partial charge on any atom is -0.462 e. The van der Waals surface area contributed by atoms with Crippen molar-refractivity contribution in [2.75, 3.05) is 6.61 Å². The van der Waals surface area contributed by atoms with Gasteiger partial charge in [0.1, 0.15) is 17.1 Å². The van der Waals surface area contributed by atoms with E-state index in [1.54, 1.807) is 6.92 Å². The highest BCUT2D eigenvalue weighted by Crippen LogP contribution is 2.44. The molecule has 0 N–H and O–H groups in total. The van der Waals surface area contributed by atoms with Crippen LogP contribution in [-0.2, 0) is 10.9 Å². The largest absolute Gasteiger partial charge is 0.462 e.